The second-order valence-electron chi connectivity index (χ2n) is 9.87. The quantitative estimate of drug-likeness (QED) is 0.533. The number of rotatable bonds is 4. The highest BCUT2D eigenvalue weighted by Gasteiger charge is 2.45. The van der Waals surface area contributed by atoms with Crippen LogP contribution < -0.4 is 9.46 Å². The molecule has 9 heteroatoms. The van der Waals surface area contributed by atoms with Crippen LogP contribution in [-0.4, -0.2) is 38.6 Å². The maximum atomic E-state index is 14.4. The highest BCUT2D eigenvalue weighted by Crippen LogP contribution is 2.46. The van der Waals surface area contributed by atoms with Crippen molar-refractivity contribution in [3.8, 4) is 5.75 Å². The summed E-state index contributed by atoms with van der Waals surface area (Å²) < 4.78 is 42.2. The van der Waals surface area contributed by atoms with Gasteiger partial charge in [0.25, 0.3) is 0 Å². The average molecular weight is 553 g/mol. The van der Waals surface area contributed by atoms with E-state index in [1.807, 2.05) is 51.1 Å². The third kappa shape index (κ3) is 5.63. The van der Waals surface area contributed by atoms with Gasteiger partial charge < -0.3 is 14.4 Å². The van der Waals surface area contributed by atoms with Gasteiger partial charge in [0.2, 0.25) is 0 Å². The van der Waals surface area contributed by atoms with E-state index in [0.29, 0.717) is 48.1 Å². The Morgan fingerprint density at radius 1 is 1.26 bits per heavy atom. The van der Waals surface area contributed by atoms with Crippen molar-refractivity contribution < 1.29 is 22.9 Å². The van der Waals surface area contributed by atoms with Crippen LogP contribution in [0.25, 0.3) is 0 Å². The Balaban J connectivity index is 1.47. The Bertz CT molecular complexity index is 1070. The van der Waals surface area contributed by atoms with Crippen LogP contribution in [0.2, 0.25) is 0 Å². The number of hydrogen-bond donors (Lipinski definition) is 1. The first-order chi connectivity index (χ1) is 16.1. The van der Waals surface area contributed by atoms with Crippen molar-refractivity contribution in [1.29, 1.82) is 0 Å². The molecule has 2 aromatic carbocycles. The molecule has 2 aromatic rings. The fourth-order valence-corrected chi connectivity index (χ4v) is 5.43. The predicted octanol–water partition coefficient (Wildman–Crippen LogP) is 5.64. The zero-order chi connectivity index (χ0) is 24.5. The van der Waals surface area contributed by atoms with Gasteiger partial charge >= 0.3 is 6.09 Å². The number of nitrogens with one attached hydrogen (secondary N) is 1. The molecule has 0 aromatic heterocycles. The molecule has 0 saturated carbocycles. The molecule has 2 heterocycles. The Kier molecular flexibility index (Phi) is 7.36. The van der Waals surface area contributed by atoms with Gasteiger partial charge in [-0.05, 0) is 54.4 Å². The molecular weight excluding hydrogens is 523 g/mol. The van der Waals surface area contributed by atoms with Crippen molar-refractivity contribution in [2.75, 3.05) is 13.1 Å². The van der Waals surface area contributed by atoms with Gasteiger partial charge in [0.1, 0.15) is 23.8 Å². The molecule has 0 radical (unpaired) electrons. The van der Waals surface area contributed by atoms with Crippen molar-refractivity contribution in [1.82, 2.24) is 9.62 Å². The minimum absolute atomic E-state index is 0.232. The number of amides is 1. The number of carbonyl (C=O) groups excluding carboxylic acids is 1. The molecule has 1 saturated heterocycles. The lowest BCUT2D eigenvalue weighted by atomic mass is 9.81. The van der Waals surface area contributed by atoms with Crippen molar-refractivity contribution in [3.05, 3.63) is 63.9 Å². The van der Waals surface area contributed by atoms with Gasteiger partial charge in [0.15, 0.2) is 0 Å². The summed E-state index contributed by atoms with van der Waals surface area (Å²) in [4.78, 5) is 14.3. The largest absolute Gasteiger partial charge is 0.487 e. The zero-order valence-electron chi connectivity index (χ0n) is 19.6. The number of hydrogen-bond acceptors (Lipinski definition) is 4. The Hall–Kier alpha value is -1.97. The van der Waals surface area contributed by atoms with Gasteiger partial charge in [-0.25, -0.2) is 18.1 Å². The molecule has 34 heavy (non-hydrogen) atoms. The minimum Gasteiger partial charge on any atom is -0.487 e. The summed E-state index contributed by atoms with van der Waals surface area (Å²) in [7, 11) is -1.33. The van der Waals surface area contributed by atoms with Gasteiger partial charge in [0.05, 0.1) is 26.2 Å². The normalized spacial score (nSPS) is 20.4. The van der Waals surface area contributed by atoms with Crippen LogP contribution in [0.15, 0.2) is 46.9 Å². The molecule has 1 spiro atoms. The monoisotopic (exact) mass is 552 g/mol. The molecule has 1 N–H and O–H groups in total. The predicted molar refractivity (Wildman–Crippen MR) is 133 cm³/mol. The fraction of sp³-hybridized carbons (Fsp3) is 0.480. The number of nitrogens with zero attached hydrogens (tertiary/aromatic N) is 1. The summed E-state index contributed by atoms with van der Waals surface area (Å²) >= 11 is 3.25. The lowest BCUT2D eigenvalue weighted by molar-refractivity contribution is -0.0231. The van der Waals surface area contributed by atoms with E-state index in [-0.39, 0.29) is 24.6 Å². The molecule has 6 nitrogen and oxygen atoms in total. The third-order valence-electron chi connectivity index (χ3n) is 6.27. The maximum absolute atomic E-state index is 14.4. The van der Waals surface area contributed by atoms with Crippen molar-refractivity contribution >= 4 is 33.0 Å². The summed E-state index contributed by atoms with van der Waals surface area (Å²) in [6.07, 6.45) is 1.39. The van der Waals surface area contributed by atoms with Crippen molar-refractivity contribution in [3.63, 3.8) is 0 Å². The van der Waals surface area contributed by atoms with Crippen LogP contribution in [0.3, 0.4) is 0 Å². The summed E-state index contributed by atoms with van der Waals surface area (Å²) in [5, 5.41) is 0. The standard InChI is InChI=1S/C25H30BrFN2O4S/c1-24(2,3)34(31)28-21-15-25(33-22-14-19(26)20(27)13-18(21)22)9-11-29(12-10-25)23(30)32-16-17-7-5-4-6-8-17/h4-8,13-14,21,28H,9-12,15-16H2,1-3H3/t21?,34-/m1/s1. The summed E-state index contributed by atoms with van der Waals surface area (Å²) in [5.41, 5.74) is 1.06. The van der Waals surface area contributed by atoms with Crippen LogP contribution in [-0.2, 0) is 22.3 Å². The number of benzene rings is 2. The highest BCUT2D eigenvalue weighted by molar-refractivity contribution is 9.10. The van der Waals surface area contributed by atoms with Crippen molar-refractivity contribution in [2.45, 2.75) is 63.0 Å². The zero-order valence-corrected chi connectivity index (χ0v) is 22.0. The van der Waals surface area contributed by atoms with Crippen LogP contribution in [0, 0.1) is 5.82 Å². The summed E-state index contributed by atoms with van der Waals surface area (Å²) in [6, 6.07) is 12.3. The number of piperidine rings is 1. The summed E-state index contributed by atoms with van der Waals surface area (Å²) in [5.74, 6) is 0.186. The molecular formula is C25H30BrFN2O4S. The van der Waals surface area contributed by atoms with E-state index in [4.69, 9.17) is 9.47 Å². The minimum atomic E-state index is -1.33. The topological polar surface area (TPSA) is 67.9 Å². The molecule has 2 atom stereocenters. The molecule has 2 aliphatic heterocycles. The van der Waals surface area contributed by atoms with Gasteiger partial charge in [-0.1, -0.05) is 30.3 Å². The third-order valence-corrected chi connectivity index (χ3v) is 8.49. The Morgan fingerprint density at radius 3 is 2.59 bits per heavy atom. The maximum Gasteiger partial charge on any atom is 0.410 e. The molecule has 1 fully saturated rings. The molecule has 4 rings (SSSR count). The second-order valence-corrected chi connectivity index (χ2v) is 12.7. The van der Waals surface area contributed by atoms with E-state index in [2.05, 4.69) is 20.7 Å². The van der Waals surface area contributed by atoms with E-state index < -0.39 is 21.3 Å². The smallest absolute Gasteiger partial charge is 0.410 e. The van der Waals surface area contributed by atoms with E-state index in [1.165, 1.54) is 6.07 Å². The lowest BCUT2D eigenvalue weighted by Gasteiger charge is -2.47. The van der Waals surface area contributed by atoms with E-state index in [1.54, 1.807) is 11.0 Å². The number of carbonyl (C=O) groups is 1. The molecule has 1 unspecified atom stereocenters. The van der Waals surface area contributed by atoms with Gasteiger partial charge in [-0.15, -0.1) is 0 Å². The van der Waals surface area contributed by atoms with Crippen LogP contribution in [0.1, 0.15) is 57.2 Å². The number of fused-ring (bicyclic) bond motifs is 1. The Labute approximate surface area is 210 Å². The lowest BCUT2D eigenvalue weighted by Crippen LogP contribution is -2.53. The SMILES string of the molecule is CC(C)(C)[S@@](=O)NC1CC2(CCN(C(=O)OCc3ccccc3)CC2)Oc2cc(Br)c(F)cc21. The van der Waals surface area contributed by atoms with Crippen LogP contribution >= 0.6 is 15.9 Å². The van der Waals surface area contributed by atoms with E-state index in [9.17, 15) is 13.4 Å². The molecule has 0 aliphatic carbocycles. The van der Waals surface area contributed by atoms with Crippen LogP contribution in [0.4, 0.5) is 9.18 Å². The fourth-order valence-electron chi connectivity index (χ4n) is 4.29. The average Bonchev–Trinajstić information content (AvgIpc) is 2.79. The molecule has 184 valence electrons. The number of ether oxygens (including phenoxy) is 2. The van der Waals surface area contributed by atoms with Gasteiger partial charge in [-0.2, -0.15) is 0 Å². The second kappa shape index (κ2) is 9.95. The van der Waals surface area contributed by atoms with E-state index >= 15 is 0 Å². The first-order valence-corrected chi connectivity index (χ1v) is 13.3. The van der Waals surface area contributed by atoms with Gasteiger partial charge in [-0.3, -0.25) is 0 Å². The molecule has 1 amide bonds. The molecule has 0 bridgehead atoms. The van der Waals surface area contributed by atoms with Crippen molar-refractivity contribution in [2.24, 2.45) is 0 Å². The first-order valence-electron chi connectivity index (χ1n) is 11.4. The molecule has 2 aliphatic rings. The van der Waals surface area contributed by atoms with Crippen LogP contribution in [0.5, 0.6) is 5.75 Å². The Morgan fingerprint density at radius 2 is 1.94 bits per heavy atom. The highest BCUT2D eigenvalue weighted by atomic mass is 79.9. The number of likely N-dealkylation sites (tertiary alicyclic amines) is 1. The summed E-state index contributed by atoms with van der Waals surface area (Å²) in [6.45, 7) is 6.89. The van der Waals surface area contributed by atoms with Gasteiger partial charge in [0, 0.05) is 37.9 Å². The van der Waals surface area contributed by atoms with E-state index in [0.717, 1.165) is 5.56 Å². The first kappa shape index (κ1) is 25.1. The number of halogens is 2.